The Morgan fingerprint density at radius 3 is 2.67 bits per heavy atom. The Morgan fingerprint density at radius 2 is 2.17 bits per heavy atom. The van der Waals surface area contributed by atoms with Gasteiger partial charge in [-0.25, -0.2) is 0 Å². The summed E-state index contributed by atoms with van der Waals surface area (Å²) in [5.41, 5.74) is 5.76. The standard InChI is InChI=1S/C8H11NO3/c1-11-8(10)6-4-2-3-5(12-4)7(6)9/h2-7H,9H2,1H3/t4-,5-,6+,7-/m0/s1. The van der Waals surface area contributed by atoms with Crippen LogP contribution in [0.15, 0.2) is 12.2 Å². The van der Waals surface area contributed by atoms with Gasteiger partial charge in [0.15, 0.2) is 0 Å². The lowest BCUT2D eigenvalue weighted by molar-refractivity contribution is -0.146. The van der Waals surface area contributed by atoms with Crippen LogP contribution in [0, 0.1) is 5.92 Å². The molecular weight excluding hydrogens is 158 g/mol. The molecule has 0 unspecified atom stereocenters. The van der Waals surface area contributed by atoms with Crippen LogP contribution < -0.4 is 5.73 Å². The van der Waals surface area contributed by atoms with E-state index in [0.717, 1.165) is 0 Å². The van der Waals surface area contributed by atoms with Gasteiger partial charge in [-0.05, 0) is 0 Å². The van der Waals surface area contributed by atoms with E-state index in [4.69, 9.17) is 10.5 Å². The van der Waals surface area contributed by atoms with Crippen molar-refractivity contribution in [3.8, 4) is 0 Å². The third kappa shape index (κ3) is 0.884. The molecular formula is C8H11NO3. The summed E-state index contributed by atoms with van der Waals surface area (Å²) in [6.45, 7) is 0. The van der Waals surface area contributed by atoms with Crippen LogP contribution in [-0.2, 0) is 14.3 Å². The van der Waals surface area contributed by atoms with Crippen molar-refractivity contribution >= 4 is 5.97 Å². The highest BCUT2D eigenvalue weighted by atomic mass is 16.5. The Labute approximate surface area is 70.3 Å². The smallest absolute Gasteiger partial charge is 0.313 e. The zero-order chi connectivity index (χ0) is 8.72. The molecule has 4 heteroatoms. The van der Waals surface area contributed by atoms with E-state index >= 15 is 0 Å². The van der Waals surface area contributed by atoms with Crippen LogP contribution in [0.25, 0.3) is 0 Å². The first-order valence-electron chi connectivity index (χ1n) is 3.91. The average molecular weight is 169 g/mol. The molecule has 0 aromatic rings. The number of carbonyl (C=O) groups excluding carboxylic acids is 1. The monoisotopic (exact) mass is 169 g/mol. The molecule has 0 saturated carbocycles. The normalized spacial score (nSPS) is 43.5. The summed E-state index contributed by atoms with van der Waals surface area (Å²) >= 11 is 0. The summed E-state index contributed by atoms with van der Waals surface area (Å²) in [6.07, 6.45) is 3.50. The molecule has 12 heavy (non-hydrogen) atoms. The maximum Gasteiger partial charge on any atom is 0.313 e. The van der Waals surface area contributed by atoms with Crippen molar-refractivity contribution in [2.45, 2.75) is 18.2 Å². The Bertz CT molecular complexity index is 238. The molecule has 2 N–H and O–H groups in total. The molecule has 0 aromatic carbocycles. The van der Waals surface area contributed by atoms with E-state index in [2.05, 4.69) is 4.74 Å². The Morgan fingerprint density at radius 1 is 1.50 bits per heavy atom. The van der Waals surface area contributed by atoms with Gasteiger partial charge in [0.1, 0.15) is 5.92 Å². The molecule has 66 valence electrons. The van der Waals surface area contributed by atoms with Gasteiger partial charge in [-0.15, -0.1) is 0 Å². The molecule has 4 atom stereocenters. The minimum Gasteiger partial charge on any atom is -0.469 e. The Hall–Kier alpha value is -0.870. The second kappa shape index (κ2) is 2.57. The number of fused-ring (bicyclic) bond motifs is 2. The molecule has 0 aliphatic carbocycles. The summed E-state index contributed by atoms with van der Waals surface area (Å²) in [5.74, 6) is -0.593. The van der Waals surface area contributed by atoms with Gasteiger partial charge in [-0.2, -0.15) is 0 Å². The first-order valence-corrected chi connectivity index (χ1v) is 3.91. The third-order valence-electron chi connectivity index (χ3n) is 2.43. The van der Waals surface area contributed by atoms with E-state index in [1.54, 1.807) is 0 Å². The molecule has 4 nitrogen and oxygen atoms in total. The summed E-state index contributed by atoms with van der Waals surface area (Å²) in [6, 6.07) is -0.243. The largest absolute Gasteiger partial charge is 0.469 e. The molecule has 2 aliphatic heterocycles. The van der Waals surface area contributed by atoms with Crippen LogP contribution in [0.2, 0.25) is 0 Å². The lowest BCUT2D eigenvalue weighted by Gasteiger charge is -2.18. The van der Waals surface area contributed by atoms with Gasteiger partial charge < -0.3 is 15.2 Å². The fourth-order valence-electron chi connectivity index (χ4n) is 1.77. The van der Waals surface area contributed by atoms with Crippen LogP contribution in [0.5, 0.6) is 0 Å². The first kappa shape index (κ1) is 7.76. The third-order valence-corrected chi connectivity index (χ3v) is 2.43. The van der Waals surface area contributed by atoms with E-state index < -0.39 is 0 Å². The van der Waals surface area contributed by atoms with E-state index in [0.29, 0.717) is 0 Å². The second-order valence-electron chi connectivity index (χ2n) is 3.08. The van der Waals surface area contributed by atoms with Crippen LogP contribution in [0.3, 0.4) is 0 Å². The number of methoxy groups -OCH3 is 1. The maximum atomic E-state index is 11.2. The molecule has 0 radical (unpaired) electrons. The van der Waals surface area contributed by atoms with Gasteiger partial charge in [0.2, 0.25) is 0 Å². The quantitative estimate of drug-likeness (QED) is 0.422. The fourth-order valence-corrected chi connectivity index (χ4v) is 1.77. The van der Waals surface area contributed by atoms with E-state index in [1.807, 2.05) is 12.2 Å². The molecule has 1 saturated heterocycles. The molecule has 1 fully saturated rings. The predicted octanol–water partition coefficient (Wildman–Crippen LogP) is -0.560. The Balaban J connectivity index is 2.18. The van der Waals surface area contributed by atoms with E-state index in [9.17, 15) is 4.79 Å². The number of hydrogen-bond donors (Lipinski definition) is 1. The van der Waals surface area contributed by atoms with Crippen molar-refractivity contribution in [3.63, 3.8) is 0 Å². The second-order valence-corrected chi connectivity index (χ2v) is 3.08. The zero-order valence-corrected chi connectivity index (χ0v) is 6.77. The lowest BCUT2D eigenvalue weighted by Crippen LogP contribution is -2.42. The summed E-state index contributed by atoms with van der Waals surface area (Å²) < 4.78 is 10.0. The van der Waals surface area contributed by atoms with Crippen LogP contribution >= 0.6 is 0 Å². The Kier molecular flexibility index (Phi) is 1.66. The SMILES string of the molecule is COC(=O)[C@H]1[C@@H](N)[C@@H]2C=C[C@@H]1O2. The lowest BCUT2D eigenvalue weighted by atomic mass is 9.90. The van der Waals surface area contributed by atoms with Crippen molar-refractivity contribution < 1.29 is 14.3 Å². The molecule has 0 spiro atoms. The highest BCUT2D eigenvalue weighted by Gasteiger charge is 2.48. The van der Waals surface area contributed by atoms with Gasteiger partial charge in [-0.3, -0.25) is 4.79 Å². The minimum atomic E-state index is -0.315. The first-order chi connectivity index (χ1) is 5.74. The highest BCUT2D eigenvalue weighted by Crippen LogP contribution is 2.33. The number of nitrogens with two attached hydrogens (primary N) is 1. The molecule has 2 aliphatic rings. The molecule has 2 rings (SSSR count). The summed E-state index contributed by atoms with van der Waals surface area (Å²) in [7, 11) is 1.37. The van der Waals surface area contributed by atoms with Crippen molar-refractivity contribution in [1.82, 2.24) is 0 Å². The molecule has 2 heterocycles. The number of rotatable bonds is 1. The highest BCUT2D eigenvalue weighted by molar-refractivity contribution is 5.75. The summed E-state index contributed by atoms with van der Waals surface area (Å²) in [4.78, 5) is 11.2. The van der Waals surface area contributed by atoms with Crippen LogP contribution in [0.4, 0.5) is 0 Å². The van der Waals surface area contributed by atoms with Crippen LogP contribution in [-0.4, -0.2) is 31.3 Å². The van der Waals surface area contributed by atoms with Crippen molar-refractivity contribution in [3.05, 3.63) is 12.2 Å². The zero-order valence-electron chi connectivity index (χ0n) is 6.77. The van der Waals surface area contributed by atoms with Crippen molar-refractivity contribution in [2.75, 3.05) is 7.11 Å². The summed E-state index contributed by atoms with van der Waals surface area (Å²) in [5, 5.41) is 0. The maximum absolute atomic E-state index is 11.2. The fraction of sp³-hybridized carbons (Fsp3) is 0.625. The minimum absolute atomic E-state index is 0.0981. The van der Waals surface area contributed by atoms with Crippen LogP contribution in [0.1, 0.15) is 0 Å². The van der Waals surface area contributed by atoms with Crippen molar-refractivity contribution in [2.24, 2.45) is 11.7 Å². The molecule has 0 amide bonds. The van der Waals surface area contributed by atoms with Gasteiger partial charge in [0.25, 0.3) is 0 Å². The predicted molar refractivity (Wildman–Crippen MR) is 41.3 cm³/mol. The number of esters is 1. The van der Waals surface area contributed by atoms with Gasteiger partial charge >= 0.3 is 5.97 Å². The van der Waals surface area contributed by atoms with E-state index in [1.165, 1.54) is 7.11 Å². The topological polar surface area (TPSA) is 61.5 Å². The molecule has 0 aromatic heterocycles. The molecule has 2 bridgehead atoms. The average Bonchev–Trinajstić information content (AvgIpc) is 2.63. The van der Waals surface area contributed by atoms with Gasteiger partial charge in [0.05, 0.1) is 25.4 Å². The van der Waals surface area contributed by atoms with Gasteiger partial charge in [-0.1, -0.05) is 12.2 Å². The van der Waals surface area contributed by atoms with Crippen molar-refractivity contribution in [1.29, 1.82) is 0 Å². The number of carbonyl (C=O) groups is 1. The number of ether oxygens (including phenoxy) is 2. The van der Waals surface area contributed by atoms with Gasteiger partial charge in [0, 0.05) is 0 Å². The number of hydrogen-bond acceptors (Lipinski definition) is 4. The van der Waals surface area contributed by atoms with E-state index in [-0.39, 0.29) is 30.1 Å².